The molecule has 0 aliphatic carbocycles. The van der Waals surface area contributed by atoms with Crippen LogP contribution in [0.3, 0.4) is 0 Å². The molecule has 76 valence electrons. The number of aromatic nitrogens is 1. The summed E-state index contributed by atoms with van der Waals surface area (Å²) in [6, 6.07) is 4.05. The van der Waals surface area contributed by atoms with Gasteiger partial charge in [0.1, 0.15) is 0 Å². The predicted octanol–water partition coefficient (Wildman–Crippen LogP) is 0.762. The molecule has 0 bridgehead atoms. The lowest BCUT2D eigenvalue weighted by molar-refractivity contribution is 0.625. The molecule has 0 saturated heterocycles. The van der Waals surface area contributed by atoms with Crippen molar-refractivity contribution in [1.29, 1.82) is 0 Å². The van der Waals surface area contributed by atoms with E-state index in [0.717, 1.165) is 36.8 Å². The molecule has 0 aromatic carbocycles. The van der Waals surface area contributed by atoms with Gasteiger partial charge in [0.05, 0.1) is 13.6 Å². The maximum absolute atomic E-state index is 9.72. The van der Waals surface area contributed by atoms with E-state index in [0.29, 0.717) is 0 Å². The van der Waals surface area contributed by atoms with E-state index in [-0.39, 0.29) is 0 Å². The number of nitrogens with one attached hydrogen (secondary N) is 1. The van der Waals surface area contributed by atoms with Crippen LogP contribution in [-0.4, -0.2) is 22.6 Å². The molecule has 3 nitrogen and oxygen atoms in total. The monoisotopic (exact) mass is 210 g/mol. The molecule has 2 rings (SSSR count). The maximum Gasteiger partial charge on any atom is 0.0906 e. The highest BCUT2D eigenvalue weighted by Crippen LogP contribution is 2.27. The maximum atomic E-state index is 9.72. The fourth-order valence-electron chi connectivity index (χ4n) is 1.63. The smallest absolute Gasteiger partial charge is 0.0906 e. The molecule has 1 aliphatic heterocycles. The van der Waals surface area contributed by atoms with Crippen LogP contribution in [0.15, 0.2) is 12.1 Å². The summed E-state index contributed by atoms with van der Waals surface area (Å²) in [6.07, 6.45) is 1.77. The van der Waals surface area contributed by atoms with Gasteiger partial charge in [-0.3, -0.25) is 4.98 Å². The van der Waals surface area contributed by atoms with Crippen molar-refractivity contribution < 1.29 is 4.89 Å². The highest BCUT2D eigenvalue weighted by molar-refractivity contribution is 7.59. The Balaban J connectivity index is 2.29. The van der Waals surface area contributed by atoms with E-state index in [1.54, 1.807) is 0 Å². The molecule has 2 N–H and O–H groups in total. The molecule has 1 unspecified atom stereocenters. The van der Waals surface area contributed by atoms with Gasteiger partial charge in [0.2, 0.25) is 0 Å². The van der Waals surface area contributed by atoms with Crippen LogP contribution in [0.4, 0.5) is 0 Å². The number of hydrogen-bond donors (Lipinski definition) is 2. The first kappa shape index (κ1) is 10.0. The lowest BCUT2D eigenvalue weighted by atomic mass is 10.1. The van der Waals surface area contributed by atoms with Crippen molar-refractivity contribution in [2.45, 2.75) is 19.9 Å². The van der Waals surface area contributed by atoms with E-state index in [4.69, 9.17) is 0 Å². The average Bonchev–Trinajstić information content (AvgIpc) is 2.27. The zero-order chi connectivity index (χ0) is 9.97. The molecule has 1 aromatic rings. The topological polar surface area (TPSA) is 45.2 Å². The van der Waals surface area contributed by atoms with Crippen LogP contribution in [0.1, 0.15) is 18.2 Å². The van der Waals surface area contributed by atoms with Crippen molar-refractivity contribution in [2.24, 2.45) is 0 Å². The van der Waals surface area contributed by atoms with Gasteiger partial charge in [-0.05, 0) is 17.8 Å². The largest absolute Gasteiger partial charge is 0.367 e. The van der Waals surface area contributed by atoms with Gasteiger partial charge in [-0.25, -0.2) is 0 Å². The van der Waals surface area contributed by atoms with E-state index >= 15 is 0 Å². The van der Waals surface area contributed by atoms with Gasteiger partial charge >= 0.3 is 0 Å². The van der Waals surface area contributed by atoms with E-state index in [2.05, 4.69) is 16.4 Å². The molecule has 1 atom stereocenters. The molecule has 0 saturated carbocycles. The molecule has 4 heteroatoms. The summed E-state index contributed by atoms with van der Waals surface area (Å²) < 4.78 is 0. The number of nitrogens with zero attached hydrogens (tertiary/aromatic N) is 1. The summed E-state index contributed by atoms with van der Waals surface area (Å²) in [4.78, 5) is 14.2. The van der Waals surface area contributed by atoms with Gasteiger partial charge in [-0.1, -0.05) is 13.0 Å². The van der Waals surface area contributed by atoms with Crippen LogP contribution in [0, 0.1) is 0 Å². The molecule has 0 radical (unpaired) electrons. The lowest BCUT2D eigenvalue weighted by Gasteiger charge is -2.17. The summed E-state index contributed by atoms with van der Waals surface area (Å²) >= 11 is 0. The first-order chi connectivity index (χ1) is 6.81. The number of pyridine rings is 1. The van der Waals surface area contributed by atoms with Crippen LogP contribution in [0.2, 0.25) is 0 Å². The van der Waals surface area contributed by atoms with Gasteiger partial charge < -0.3 is 10.2 Å². The zero-order valence-corrected chi connectivity index (χ0v) is 9.22. The van der Waals surface area contributed by atoms with Gasteiger partial charge in [0, 0.05) is 25.2 Å². The quantitative estimate of drug-likeness (QED) is 0.708. The van der Waals surface area contributed by atoms with Crippen molar-refractivity contribution in [1.82, 2.24) is 10.3 Å². The Labute approximate surface area is 85.4 Å². The molecule has 1 aromatic heterocycles. The first-order valence-corrected chi connectivity index (χ1v) is 6.45. The zero-order valence-electron chi connectivity index (χ0n) is 8.32. The molecular weight excluding hydrogens is 195 g/mol. The van der Waals surface area contributed by atoms with Crippen molar-refractivity contribution in [3.63, 3.8) is 0 Å². The highest BCUT2D eigenvalue weighted by atomic mass is 31.1. The van der Waals surface area contributed by atoms with Crippen molar-refractivity contribution in [3.05, 3.63) is 23.4 Å². The summed E-state index contributed by atoms with van der Waals surface area (Å²) in [7, 11) is -1.02. The van der Waals surface area contributed by atoms with Crippen molar-refractivity contribution in [2.75, 3.05) is 12.7 Å². The standard InChI is InChI=1S/C10H15N2OP/c1-2-14(13)10-4-3-8-7-11-6-5-9(8)12-10/h3-4,11,13H,2,5-7H2,1H3. The van der Waals surface area contributed by atoms with Gasteiger partial charge in [-0.15, -0.1) is 0 Å². The third-order valence-electron chi connectivity index (χ3n) is 2.47. The second kappa shape index (κ2) is 4.35. The Hall–Kier alpha value is -0.500. The molecule has 0 fully saturated rings. The Bertz CT molecular complexity index is 330. The third-order valence-corrected chi connectivity index (χ3v) is 3.85. The average molecular weight is 210 g/mol. The first-order valence-electron chi connectivity index (χ1n) is 4.97. The van der Waals surface area contributed by atoms with E-state index in [1.807, 2.05) is 13.0 Å². The van der Waals surface area contributed by atoms with Crippen LogP contribution in [-0.2, 0) is 13.0 Å². The highest BCUT2D eigenvalue weighted by Gasteiger charge is 2.13. The fourth-order valence-corrected chi connectivity index (χ4v) is 2.44. The lowest BCUT2D eigenvalue weighted by Crippen LogP contribution is -2.26. The Morgan fingerprint density at radius 2 is 2.43 bits per heavy atom. The normalized spacial score (nSPS) is 17.6. The predicted molar refractivity (Wildman–Crippen MR) is 59.0 cm³/mol. The molecular formula is C10H15N2OP. The van der Waals surface area contributed by atoms with Gasteiger partial charge in [-0.2, -0.15) is 0 Å². The second-order valence-corrected chi connectivity index (χ2v) is 5.31. The molecule has 14 heavy (non-hydrogen) atoms. The second-order valence-electron chi connectivity index (χ2n) is 3.42. The van der Waals surface area contributed by atoms with E-state index in [1.165, 1.54) is 5.56 Å². The minimum atomic E-state index is -1.02. The van der Waals surface area contributed by atoms with Crippen molar-refractivity contribution >= 4 is 13.6 Å². The summed E-state index contributed by atoms with van der Waals surface area (Å²) in [6.45, 7) is 3.91. The van der Waals surface area contributed by atoms with Crippen LogP contribution >= 0.6 is 8.15 Å². The van der Waals surface area contributed by atoms with Crippen molar-refractivity contribution in [3.8, 4) is 0 Å². The van der Waals surface area contributed by atoms with Gasteiger partial charge in [0.15, 0.2) is 0 Å². The summed E-state index contributed by atoms with van der Waals surface area (Å²) in [5.74, 6) is 0. The SMILES string of the molecule is CCP(O)c1ccc2c(n1)CCNC2. The Kier molecular flexibility index (Phi) is 3.12. The van der Waals surface area contributed by atoms with Gasteiger partial charge in [0.25, 0.3) is 0 Å². The number of fused-ring (bicyclic) bond motifs is 1. The number of hydrogen-bond acceptors (Lipinski definition) is 3. The number of rotatable bonds is 2. The van der Waals surface area contributed by atoms with E-state index < -0.39 is 8.15 Å². The summed E-state index contributed by atoms with van der Waals surface area (Å²) in [5.41, 5.74) is 3.32. The third kappa shape index (κ3) is 1.95. The van der Waals surface area contributed by atoms with E-state index in [9.17, 15) is 4.89 Å². The fraction of sp³-hybridized carbons (Fsp3) is 0.500. The van der Waals surface area contributed by atoms with Crippen LogP contribution in [0.5, 0.6) is 0 Å². The minimum Gasteiger partial charge on any atom is -0.367 e. The van der Waals surface area contributed by atoms with Crippen LogP contribution in [0.25, 0.3) is 0 Å². The Morgan fingerprint density at radius 1 is 1.57 bits per heavy atom. The molecule has 0 amide bonds. The molecule has 2 heterocycles. The molecule has 1 aliphatic rings. The molecule has 0 spiro atoms. The Morgan fingerprint density at radius 3 is 3.21 bits per heavy atom. The van der Waals surface area contributed by atoms with Crippen LogP contribution < -0.4 is 10.8 Å². The summed E-state index contributed by atoms with van der Waals surface area (Å²) in [5, 5.41) is 3.31. The minimum absolute atomic E-state index is 0.791.